The van der Waals surface area contributed by atoms with E-state index in [0.29, 0.717) is 17.9 Å². The molecule has 0 aromatic heterocycles. The lowest BCUT2D eigenvalue weighted by Crippen LogP contribution is -2.22. The third kappa shape index (κ3) is 6.56. The zero-order valence-electron chi connectivity index (χ0n) is 27.6. The summed E-state index contributed by atoms with van der Waals surface area (Å²) in [7, 11) is -2.77. The summed E-state index contributed by atoms with van der Waals surface area (Å²) in [6, 6.07) is 8.15. The molecule has 0 amide bonds. The van der Waals surface area contributed by atoms with Gasteiger partial charge in [0, 0.05) is 17.5 Å². The fourth-order valence-electron chi connectivity index (χ4n) is 4.99. The second kappa shape index (κ2) is 11.2. The van der Waals surface area contributed by atoms with E-state index in [1.807, 2.05) is 65.8 Å². The monoisotopic (exact) mass is 636 g/mol. The molecule has 0 bridgehead atoms. The van der Waals surface area contributed by atoms with Crippen LogP contribution in [-0.4, -0.2) is 0 Å². The highest BCUT2D eigenvalue weighted by Gasteiger charge is 2.38. The van der Waals surface area contributed by atoms with Crippen LogP contribution in [0.15, 0.2) is 24.3 Å². The summed E-state index contributed by atoms with van der Waals surface area (Å²) < 4.78 is 90.4. The van der Waals surface area contributed by atoms with Crippen LogP contribution >= 0.6 is 8.60 Å². The maximum absolute atomic E-state index is 14.9. The van der Waals surface area contributed by atoms with E-state index in [1.165, 1.54) is 0 Å². The van der Waals surface area contributed by atoms with Crippen LogP contribution in [0, 0.1) is 29.1 Å². The first kappa shape index (κ1) is 34.0. The lowest BCUT2D eigenvalue weighted by Gasteiger charge is -2.34. The van der Waals surface area contributed by atoms with Crippen molar-refractivity contribution in [2.45, 2.75) is 111 Å². The molecule has 1 aliphatic heterocycles. The Morgan fingerprint density at radius 2 is 0.864 bits per heavy atom. The quantitative estimate of drug-likeness (QED) is 0.121. The van der Waals surface area contributed by atoms with Crippen LogP contribution in [0.3, 0.4) is 0 Å². The van der Waals surface area contributed by atoms with Gasteiger partial charge < -0.3 is 13.6 Å². The van der Waals surface area contributed by atoms with E-state index in [-0.39, 0.29) is 10.8 Å². The first-order chi connectivity index (χ1) is 19.9. The molecule has 0 radical (unpaired) electrons. The van der Waals surface area contributed by atoms with Gasteiger partial charge in [0.1, 0.15) is 11.5 Å². The van der Waals surface area contributed by atoms with E-state index in [1.54, 1.807) is 0 Å². The molecule has 240 valence electrons. The molecule has 0 atom stereocenters. The van der Waals surface area contributed by atoms with E-state index < -0.39 is 54.3 Å². The van der Waals surface area contributed by atoms with Gasteiger partial charge in [0.2, 0.25) is 34.8 Å². The van der Waals surface area contributed by atoms with Crippen molar-refractivity contribution in [3.8, 4) is 17.2 Å². The van der Waals surface area contributed by atoms with Crippen molar-refractivity contribution in [1.29, 1.82) is 0 Å². The number of fused-ring (bicyclic) bond motifs is 2. The molecule has 9 heteroatoms. The van der Waals surface area contributed by atoms with Gasteiger partial charge in [-0.3, -0.25) is 0 Å². The SMILES string of the molecule is CC(C)(C)c1cc2c(c(C(C)(C)C)c1)OP(Oc1c(F)c(F)c(F)c(F)c1F)Oc1c(cc(C(C)(C)C)cc1C(C)(C)C)C2. The predicted octanol–water partition coefficient (Wildman–Crippen LogP) is 11.2. The molecule has 3 aromatic carbocycles. The number of benzene rings is 3. The van der Waals surface area contributed by atoms with Crippen molar-refractivity contribution < 1.29 is 35.5 Å². The fourth-order valence-corrected chi connectivity index (χ4v) is 6.14. The third-order valence-corrected chi connectivity index (χ3v) is 8.72. The van der Waals surface area contributed by atoms with Gasteiger partial charge >= 0.3 is 8.60 Å². The Balaban J connectivity index is 2.08. The van der Waals surface area contributed by atoms with Crippen LogP contribution in [0.5, 0.6) is 17.2 Å². The lowest BCUT2D eigenvalue weighted by molar-refractivity contribution is 0.321. The van der Waals surface area contributed by atoms with Crippen LogP contribution in [0.1, 0.15) is 116 Å². The van der Waals surface area contributed by atoms with Gasteiger partial charge in [-0.15, -0.1) is 0 Å². The molecule has 1 aliphatic rings. The smallest absolute Gasteiger partial charge is 0.408 e. The predicted molar refractivity (Wildman–Crippen MR) is 166 cm³/mol. The summed E-state index contributed by atoms with van der Waals surface area (Å²) in [6.45, 7) is 24.7. The molecule has 1 heterocycles. The van der Waals surface area contributed by atoms with Gasteiger partial charge in [0.25, 0.3) is 0 Å². The van der Waals surface area contributed by atoms with Gasteiger partial charge in [-0.2, -0.15) is 8.78 Å². The minimum atomic E-state index is -2.77. The Morgan fingerprint density at radius 1 is 0.523 bits per heavy atom. The Hall–Kier alpha value is -2.86. The standard InChI is InChI=1S/C35H42F5O3P/c1-32(2,3)20-14-18-13-19-15-21(33(4,5)6)17-23(35(10,11)12)30(19)42-44(41-29(18)22(16-20)34(7,8)9)43-31-27(39)25(37)24(36)26(38)28(31)40/h14-17H,13H2,1-12H3. The highest BCUT2D eigenvalue weighted by Crippen LogP contribution is 2.54. The highest BCUT2D eigenvalue weighted by molar-refractivity contribution is 7.43. The van der Waals surface area contributed by atoms with E-state index >= 15 is 0 Å². The number of rotatable bonds is 2. The van der Waals surface area contributed by atoms with Gasteiger partial charge in [0.05, 0.1) is 0 Å². The molecule has 0 fully saturated rings. The molecule has 0 saturated heterocycles. The first-order valence-corrected chi connectivity index (χ1v) is 15.7. The lowest BCUT2D eigenvalue weighted by atomic mass is 9.76. The first-order valence-electron chi connectivity index (χ1n) is 14.6. The van der Waals surface area contributed by atoms with Crippen LogP contribution < -0.4 is 13.6 Å². The maximum atomic E-state index is 14.9. The molecule has 0 spiro atoms. The zero-order valence-corrected chi connectivity index (χ0v) is 28.5. The van der Waals surface area contributed by atoms with E-state index in [9.17, 15) is 22.0 Å². The summed E-state index contributed by atoms with van der Waals surface area (Å²) in [5.41, 5.74) is 3.94. The minimum absolute atomic E-state index is 0.225. The molecule has 0 aliphatic carbocycles. The number of hydrogen-bond donors (Lipinski definition) is 0. The molecule has 3 nitrogen and oxygen atoms in total. The second-order valence-corrected chi connectivity index (χ2v) is 16.6. The van der Waals surface area contributed by atoms with Crippen molar-refractivity contribution in [1.82, 2.24) is 0 Å². The van der Waals surface area contributed by atoms with Crippen molar-refractivity contribution in [2.24, 2.45) is 0 Å². The van der Waals surface area contributed by atoms with Crippen molar-refractivity contribution in [3.63, 3.8) is 0 Å². The third-order valence-electron chi connectivity index (χ3n) is 7.73. The zero-order chi connectivity index (χ0) is 33.3. The maximum Gasteiger partial charge on any atom is 0.530 e. The fraction of sp³-hybridized carbons (Fsp3) is 0.486. The molecule has 0 unspecified atom stereocenters. The highest BCUT2D eigenvalue weighted by atomic mass is 31.2. The molecule has 44 heavy (non-hydrogen) atoms. The molecule has 0 N–H and O–H groups in total. The molecular weight excluding hydrogens is 594 g/mol. The normalized spacial score (nSPS) is 14.7. The molecular formula is C35H42F5O3P. The molecule has 3 aromatic rings. The summed E-state index contributed by atoms with van der Waals surface area (Å²) in [5.74, 6) is -11.4. The van der Waals surface area contributed by atoms with Gasteiger partial charge in [-0.25, -0.2) is 13.2 Å². The molecule has 4 rings (SSSR count). The largest absolute Gasteiger partial charge is 0.530 e. The Bertz CT molecular complexity index is 1490. The average molecular weight is 637 g/mol. The second-order valence-electron chi connectivity index (χ2n) is 15.6. The van der Waals surface area contributed by atoms with Crippen LogP contribution in [0.4, 0.5) is 22.0 Å². The van der Waals surface area contributed by atoms with Gasteiger partial charge in [-0.1, -0.05) is 107 Å². The van der Waals surface area contributed by atoms with Crippen LogP contribution in [-0.2, 0) is 28.1 Å². The Morgan fingerprint density at radius 3 is 1.18 bits per heavy atom. The van der Waals surface area contributed by atoms with Crippen molar-refractivity contribution in [3.05, 3.63) is 86.7 Å². The van der Waals surface area contributed by atoms with Crippen molar-refractivity contribution in [2.75, 3.05) is 0 Å². The summed E-state index contributed by atoms with van der Waals surface area (Å²) in [5, 5.41) is 0. The number of hydrogen-bond acceptors (Lipinski definition) is 3. The summed E-state index contributed by atoms with van der Waals surface area (Å²) in [6.07, 6.45) is 0.413. The van der Waals surface area contributed by atoms with Crippen molar-refractivity contribution >= 4 is 8.60 Å². The topological polar surface area (TPSA) is 27.7 Å². The summed E-state index contributed by atoms with van der Waals surface area (Å²) >= 11 is 0. The van der Waals surface area contributed by atoms with E-state index in [2.05, 4.69) is 41.5 Å². The Labute approximate surface area is 259 Å². The minimum Gasteiger partial charge on any atom is -0.408 e. The van der Waals surface area contributed by atoms with Gasteiger partial charge in [0.15, 0.2) is 0 Å². The number of halogens is 5. The molecule has 0 saturated carbocycles. The van der Waals surface area contributed by atoms with Crippen LogP contribution in [0.2, 0.25) is 0 Å². The van der Waals surface area contributed by atoms with E-state index in [0.717, 1.165) is 33.4 Å². The van der Waals surface area contributed by atoms with Gasteiger partial charge in [-0.05, 0) is 43.9 Å². The average Bonchev–Trinajstić information content (AvgIpc) is 2.86. The van der Waals surface area contributed by atoms with E-state index in [4.69, 9.17) is 13.6 Å². The van der Waals surface area contributed by atoms with Crippen LogP contribution in [0.25, 0.3) is 0 Å². The Kier molecular flexibility index (Phi) is 8.65. The summed E-state index contributed by atoms with van der Waals surface area (Å²) in [4.78, 5) is 0.